The van der Waals surface area contributed by atoms with E-state index >= 15 is 0 Å². The van der Waals surface area contributed by atoms with Gasteiger partial charge >= 0.3 is 0 Å². The Labute approximate surface area is 280 Å². The Hall–Kier alpha value is -4.97. The van der Waals surface area contributed by atoms with Crippen LogP contribution in [0.4, 0.5) is 4.39 Å². The van der Waals surface area contributed by atoms with Crippen molar-refractivity contribution >= 4 is 33.1 Å². The van der Waals surface area contributed by atoms with Crippen molar-refractivity contribution < 1.29 is 28.9 Å². The van der Waals surface area contributed by atoms with Crippen LogP contribution in [-0.4, -0.2) is 19.5 Å². The maximum absolute atomic E-state index is 13.9. The standard InChI is InChI=1S/C28H21FN3O.C11H8N.Ir/c1-28(2,3)24-15-14-22-27(31-24)32(18-8-5-4-6-9-18)26(30-22)21-11-7-10-20-19-13-12-17(29)16-23(19)33-25(20)21;1-2-6-10(7-3-1)11-8-4-5-9-12-11;/h4-10,12-16H,1-3H3;1-6,8-9H;/q2*-1;. The van der Waals surface area contributed by atoms with Gasteiger partial charge in [-0.05, 0) is 48.2 Å². The Kier molecular flexibility index (Phi) is 8.63. The van der Waals surface area contributed by atoms with E-state index in [-0.39, 0.29) is 31.3 Å². The predicted octanol–water partition coefficient (Wildman–Crippen LogP) is 9.77. The number of fused-ring (bicyclic) bond motifs is 4. The molecule has 8 aromatic rings. The fourth-order valence-electron chi connectivity index (χ4n) is 5.32. The van der Waals surface area contributed by atoms with Crippen molar-refractivity contribution in [2.45, 2.75) is 26.2 Å². The minimum absolute atomic E-state index is 0. The van der Waals surface area contributed by atoms with Gasteiger partial charge in [0.2, 0.25) is 0 Å². The van der Waals surface area contributed by atoms with Crippen LogP contribution in [0.2, 0.25) is 0 Å². The second-order valence-electron chi connectivity index (χ2n) is 11.7. The Bertz CT molecular complexity index is 2220. The molecule has 0 N–H and O–H groups in total. The molecule has 7 heteroatoms. The number of pyridine rings is 2. The summed E-state index contributed by atoms with van der Waals surface area (Å²) < 4.78 is 22.0. The largest absolute Gasteiger partial charge is 0.500 e. The molecular formula is C39H29FIrN4O-2. The average Bonchev–Trinajstić information content (AvgIpc) is 3.63. The first-order valence-corrected chi connectivity index (χ1v) is 14.7. The van der Waals surface area contributed by atoms with E-state index in [0.717, 1.165) is 44.6 Å². The fraction of sp³-hybridized carbons (Fsp3) is 0.103. The number of halogens is 1. The van der Waals surface area contributed by atoms with Crippen molar-refractivity contribution in [2.24, 2.45) is 0 Å². The molecule has 0 spiro atoms. The summed E-state index contributed by atoms with van der Waals surface area (Å²) in [5, 5.41) is 1.76. The molecule has 46 heavy (non-hydrogen) atoms. The second kappa shape index (κ2) is 12.8. The van der Waals surface area contributed by atoms with E-state index in [9.17, 15) is 4.39 Å². The van der Waals surface area contributed by atoms with Crippen molar-refractivity contribution in [2.75, 3.05) is 0 Å². The van der Waals surface area contributed by atoms with E-state index in [4.69, 9.17) is 14.4 Å². The predicted molar refractivity (Wildman–Crippen MR) is 178 cm³/mol. The number of furan rings is 1. The minimum Gasteiger partial charge on any atom is -0.500 e. The molecule has 5 nitrogen and oxygen atoms in total. The molecule has 229 valence electrons. The number of para-hydroxylation sites is 1. The maximum atomic E-state index is 13.9. The Morgan fingerprint density at radius 2 is 1.57 bits per heavy atom. The zero-order chi connectivity index (χ0) is 31.0. The SMILES string of the molecule is CC(C)(C)c1ccc2nc(-c3[c-]ccc4c3oc3cc(F)ccc34)n(-c3ccccc3)c2n1.[Ir].[c-]1ccccc1-c1ccccn1. The van der Waals surface area contributed by atoms with Gasteiger partial charge in [0, 0.05) is 54.6 Å². The molecule has 0 bridgehead atoms. The van der Waals surface area contributed by atoms with E-state index in [2.05, 4.69) is 37.9 Å². The van der Waals surface area contributed by atoms with Crippen LogP contribution in [0, 0.1) is 17.9 Å². The third-order valence-corrected chi connectivity index (χ3v) is 7.56. The van der Waals surface area contributed by atoms with Gasteiger partial charge in [-0.25, -0.2) is 9.37 Å². The van der Waals surface area contributed by atoms with Crippen molar-refractivity contribution in [3.8, 4) is 28.3 Å². The summed E-state index contributed by atoms with van der Waals surface area (Å²) in [7, 11) is 0. The zero-order valence-corrected chi connectivity index (χ0v) is 27.9. The van der Waals surface area contributed by atoms with Gasteiger partial charge in [-0.2, -0.15) is 0 Å². The summed E-state index contributed by atoms with van der Waals surface area (Å²) in [4.78, 5) is 14.2. The van der Waals surface area contributed by atoms with E-state index in [1.807, 2.05) is 102 Å². The van der Waals surface area contributed by atoms with Crippen LogP contribution in [0.1, 0.15) is 26.5 Å². The number of nitrogens with zero attached hydrogens (tertiary/aromatic N) is 4. The Morgan fingerprint density at radius 1 is 0.761 bits per heavy atom. The summed E-state index contributed by atoms with van der Waals surface area (Å²) in [6.45, 7) is 6.44. The normalized spacial score (nSPS) is 11.3. The van der Waals surface area contributed by atoms with Crippen LogP contribution in [0.5, 0.6) is 0 Å². The van der Waals surface area contributed by atoms with Crippen LogP contribution >= 0.6 is 0 Å². The number of hydrogen-bond donors (Lipinski definition) is 0. The van der Waals surface area contributed by atoms with Crippen molar-refractivity contribution in [1.29, 1.82) is 0 Å². The summed E-state index contributed by atoms with van der Waals surface area (Å²) >= 11 is 0. The summed E-state index contributed by atoms with van der Waals surface area (Å²) in [5.41, 5.74) is 7.24. The van der Waals surface area contributed by atoms with Gasteiger partial charge < -0.3 is 14.0 Å². The molecule has 0 saturated carbocycles. The first-order chi connectivity index (χ1) is 21.9. The number of imidazole rings is 1. The third kappa shape index (κ3) is 6.00. The molecule has 0 aliphatic rings. The van der Waals surface area contributed by atoms with Crippen molar-refractivity contribution in [3.05, 3.63) is 145 Å². The molecule has 0 unspecified atom stereocenters. The topological polar surface area (TPSA) is 56.7 Å². The molecule has 0 fully saturated rings. The van der Waals surface area contributed by atoms with Crippen molar-refractivity contribution in [3.63, 3.8) is 0 Å². The fourth-order valence-corrected chi connectivity index (χ4v) is 5.32. The van der Waals surface area contributed by atoms with Crippen LogP contribution in [0.25, 0.3) is 61.4 Å². The van der Waals surface area contributed by atoms with Crippen LogP contribution in [-0.2, 0) is 25.5 Å². The molecule has 4 heterocycles. The minimum atomic E-state index is -0.331. The number of hydrogen-bond acceptors (Lipinski definition) is 4. The molecule has 0 saturated heterocycles. The van der Waals surface area contributed by atoms with Gasteiger partial charge in [0.1, 0.15) is 11.4 Å². The molecule has 0 aliphatic carbocycles. The molecule has 0 atom stereocenters. The molecule has 0 aliphatic heterocycles. The van der Waals surface area contributed by atoms with Gasteiger partial charge in [-0.15, -0.1) is 54.1 Å². The van der Waals surface area contributed by atoms with E-state index in [0.29, 0.717) is 22.6 Å². The quantitative estimate of drug-likeness (QED) is 0.168. The molecular weight excluding hydrogens is 752 g/mol. The second-order valence-corrected chi connectivity index (χ2v) is 11.7. The van der Waals surface area contributed by atoms with Crippen molar-refractivity contribution in [1.82, 2.24) is 19.5 Å². The van der Waals surface area contributed by atoms with E-state index in [1.54, 1.807) is 12.3 Å². The average molecular weight is 781 g/mol. The third-order valence-electron chi connectivity index (χ3n) is 7.56. The first-order valence-electron chi connectivity index (χ1n) is 14.7. The number of benzene rings is 4. The summed E-state index contributed by atoms with van der Waals surface area (Å²) in [6, 6.07) is 42.6. The summed E-state index contributed by atoms with van der Waals surface area (Å²) in [5.74, 6) is 0.349. The zero-order valence-electron chi connectivity index (χ0n) is 25.5. The van der Waals surface area contributed by atoms with Gasteiger partial charge in [-0.3, -0.25) is 4.98 Å². The molecule has 4 aromatic carbocycles. The Morgan fingerprint density at radius 3 is 2.30 bits per heavy atom. The molecule has 1 radical (unpaired) electrons. The van der Waals surface area contributed by atoms with Gasteiger partial charge in [0.25, 0.3) is 0 Å². The Balaban J connectivity index is 0.000000241. The first kappa shape index (κ1) is 31.0. The van der Waals surface area contributed by atoms with E-state index < -0.39 is 0 Å². The van der Waals surface area contributed by atoms with Crippen LogP contribution in [0.3, 0.4) is 0 Å². The van der Waals surface area contributed by atoms with Gasteiger partial charge in [0.05, 0.1) is 16.9 Å². The molecule has 4 aromatic heterocycles. The number of rotatable bonds is 3. The molecule has 8 rings (SSSR count). The summed E-state index contributed by atoms with van der Waals surface area (Å²) in [6.07, 6.45) is 1.79. The number of aromatic nitrogens is 4. The smallest absolute Gasteiger partial charge is 0.155 e. The van der Waals surface area contributed by atoms with Gasteiger partial charge in [-0.1, -0.05) is 62.1 Å². The van der Waals surface area contributed by atoms with Crippen LogP contribution in [0.15, 0.2) is 126 Å². The van der Waals surface area contributed by atoms with Gasteiger partial charge in [0.15, 0.2) is 5.65 Å². The van der Waals surface area contributed by atoms with Crippen LogP contribution < -0.4 is 0 Å². The van der Waals surface area contributed by atoms with E-state index in [1.165, 1.54) is 12.1 Å². The maximum Gasteiger partial charge on any atom is 0.155 e. The molecule has 0 amide bonds. The monoisotopic (exact) mass is 781 g/mol.